The third-order valence-corrected chi connectivity index (χ3v) is 3.24. The lowest BCUT2D eigenvalue weighted by atomic mass is 9.82. The number of benzene rings is 1. The van der Waals surface area contributed by atoms with Gasteiger partial charge in [-0.25, -0.2) is 0 Å². The Balaban J connectivity index is 2.72. The first-order valence-corrected chi connectivity index (χ1v) is 5.80. The van der Waals surface area contributed by atoms with Crippen molar-refractivity contribution in [3.05, 3.63) is 35.4 Å². The zero-order valence-corrected chi connectivity index (χ0v) is 10.1. The fourth-order valence-corrected chi connectivity index (χ4v) is 1.61. The van der Waals surface area contributed by atoms with Crippen molar-refractivity contribution in [1.29, 1.82) is 0 Å². The molecular weight excluding hydrogens is 184 g/mol. The lowest BCUT2D eigenvalue weighted by molar-refractivity contribution is 0.288. The summed E-state index contributed by atoms with van der Waals surface area (Å²) in [6.07, 6.45) is 2.99. The van der Waals surface area contributed by atoms with Crippen LogP contribution in [-0.2, 0) is 11.8 Å². The number of rotatable bonds is 5. The summed E-state index contributed by atoms with van der Waals surface area (Å²) in [5.41, 5.74) is 2.99. The van der Waals surface area contributed by atoms with E-state index in [2.05, 4.69) is 45.0 Å². The summed E-state index contributed by atoms with van der Waals surface area (Å²) in [6, 6.07) is 8.80. The quantitative estimate of drug-likeness (QED) is 0.783. The molecule has 1 aromatic carbocycles. The molecule has 0 bridgehead atoms. The van der Waals surface area contributed by atoms with Gasteiger partial charge in [0, 0.05) is 6.61 Å². The van der Waals surface area contributed by atoms with Crippen molar-refractivity contribution in [3.63, 3.8) is 0 Å². The molecule has 84 valence electrons. The maximum atomic E-state index is 8.75. The molecule has 0 spiro atoms. The molecule has 0 aliphatic heterocycles. The maximum Gasteiger partial charge on any atom is 0.0434 e. The van der Waals surface area contributed by atoms with Gasteiger partial charge in [-0.15, -0.1) is 0 Å². The van der Waals surface area contributed by atoms with Crippen molar-refractivity contribution in [2.75, 3.05) is 6.61 Å². The molecule has 1 heteroatoms. The lowest BCUT2D eigenvalue weighted by Gasteiger charge is -2.23. The Morgan fingerprint density at radius 2 is 1.73 bits per heavy atom. The van der Waals surface area contributed by atoms with Crippen LogP contribution >= 0.6 is 0 Å². The molecule has 1 nitrogen and oxygen atoms in total. The molecule has 0 aliphatic carbocycles. The zero-order valence-electron chi connectivity index (χ0n) is 10.1. The van der Waals surface area contributed by atoms with Crippen LogP contribution in [0.1, 0.15) is 44.7 Å². The topological polar surface area (TPSA) is 20.2 Å². The molecule has 0 amide bonds. The number of hydrogen-bond acceptors (Lipinski definition) is 1. The summed E-state index contributed by atoms with van der Waals surface area (Å²) in [5, 5.41) is 8.75. The first-order valence-electron chi connectivity index (χ1n) is 5.80. The molecule has 0 radical (unpaired) electrons. The number of aliphatic hydroxyl groups excluding tert-OH is 1. The fourth-order valence-electron chi connectivity index (χ4n) is 1.61. The highest BCUT2D eigenvalue weighted by molar-refractivity contribution is 5.28. The monoisotopic (exact) mass is 206 g/mol. The van der Waals surface area contributed by atoms with E-state index in [0.717, 1.165) is 19.3 Å². The van der Waals surface area contributed by atoms with Crippen LogP contribution in [0.2, 0.25) is 0 Å². The standard InChI is InChI=1S/C14H22O/c1-4-14(2,3)13-9-7-12(8-10-13)6-5-11-15/h7-10,15H,4-6,11H2,1-3H3. The highest BCUT2D eigenvalue weighted by Crippen LogP contribution is 2.26. The first kappa shape index (κ1) is 12.3. The Labute approximate surface area is 93.1 Å². The molecule has 15 heavy (non-hydrogen) atoms. The van der Waals surface area contributed by atoms with Crippen molar-refractivity contribution in [2.24, 2.45) is 0 Å². The summed E-state index contributed by atoms with van der Waals surface area (Å²) >= 11 is 0. The van der Waals surface area contributed by atoms with Crippen molar-refractivity contribution in [3.8, 4) is 0 Å². The van der Waals surface area contributed by atoms with Gasteiger partial charge in [0.2, 0.25) is 0 Å². The Hall–Kier alpha value is -0.820. The van der Waals surface area contributed by atoms with Crippen LogP contribution in [0.4, 0.5) is 0 Å². The highest BCUT2D eigenvalue weighted by atomic mass is 16.2. The molecule has 0 aromatic heterocycles. The third-order valence-electron chi connectivity index (χ3n) is 3.24. The SMILES string of the molecule is CCC(C)(C)c1ccc(CCCO)cc1. The zero-order chi connectivity index (χ0) is 11.3. The minimum absolute atomic E-state index is 0.273. The van der Waals surface area contributed by atoms with E-state index in [0.29, 0.717) is 0 Å². The van der Waals surface area contributed by atoms with Crippen LogP contribution in [0.25, 0.3) is 0 Å². The van der Waals surface area contributed by atoms with Gasteiger partial charge in [-0.05, 0) is 35.8 Å². The summed E-state index contributed by atoms with van der Waals surface area (Å²) in [6.45, 7) is 7.05. The molecule has 0 heterocycles. The minimum atomic E-state index is 0.273. The van der Waals surface area contributed by atoms with Crippen LogP contribution in [-0.4, -0.2) is 11.7 Å². The van der Waals surface area contributed by atoms with Crippen LogP contribution in [0.3, 0.4) is 0 Å². The van der Waals surface area contributed by atoms with Gasteiger partial charge in [-0.3, -0.25) is 0 Å². The molecule has 1 aromatic rings. The Bertz CT molecular complexity index is 285. The van der Waals surface area contributed by atoms with E-state index >= 15 is 0 Å². The lowest BCUT2D eigenvalue weighted by Crippen LogP contribution is -2.15. The van der Waals surface area contributed by atoms with Crippen molar-refractivity contribution < 1.29 is 5.11 Å². The summed E-state index contributed by atoms with van der Waals surface area (Å²) in [7, 11) is 0. The van der Waals surface area contributed by atoms with Gasteiger partial charge in [0.15, 0.2) is 0 Å². The van der Waals surface area contributed by atoms with Crippen molar-refractivity contribution in [2.45, 2.75) is 45.4 Å². The maximum absolute atomic E-state index is 8.75. The predicted octanol–water partition coefficient (Wildman–Crippen LogP) is 3.30. The predicted molar refractivity (Wildman–Crippen MR) is 65.2 cm³/mol. The highest BCUT2D eigenvalue weighted by Gasteiger charge is 2.17. The van der Waals surface area contributed by atoms with Crippen LogP contribution in [0.15, 0.2) is 24.3 Å². The Morgan fingerprint density at radius 1 is 1.13 bits per heavy atom. The molecule has 0 saturated carbocycles. The Morgan fingerprint density at radius 3 is 2.20 bits per heavy atom. The van der Waals surface area contributed by atoms with Gasteiger partial charge >= 0.3 is 0 Å². The molecule has 1 rings (SSSR count). The van der Waals surface area contributed by atoms with Gasteiger partial charge in [0.05, 0.1) is 0 Å². The van der Waals surface area contributed by atoms with Gasteiger partial charge in [0.25, 0.3) is 0 Å². The van der Waals surface area contributed by atoms with Gasteiger partial charge in [-0.2, -0.15) is 0 Å². The number of hydrogen-bond donors (Lipinski definition) is 1. The first-order chi connectivity index (χ1) is 7.10. The van der Waals surface area contributed by atoms with Crippen LogP contribution < -0.4 is 0 Å². The van der Waals surface area contributed by atoms with Crippen molar-refractivity contribution in [1.82, 2.24) is 0 Å². The van der Waals surface area contributed by atoms with Gasteiger partial charge in [-0.1, -0.05) is 45.0 Å². The van der Waals surface area contributed by atoms with E-state index in [1.165, 1.54) is 11.1 Å². The van der Waals surface area contributed by atoms with Gasteiger partial charge in [0.1, 0.15) is 0 Å². The normalized spacial score (nSPS) is 11.7. The largest absolute Gasteiger partial charge is 0.396 e. The van der Waals surface area contributed by atoms with E-state index in [1.807, 2.05) is 0 Å². The smallest absolute Gasteiger partial charge is 0.0434 e. The fraction of sp³-hybridized carbons (Fsp3) is 0.571. The third kappa shape index (κ3) is 3.35. The number of aliphatic hydroxyl groups is 1. The summed E-state index contributed by atoms with van der Waals surface area (Å²) < 4.78 is 0. The molecule has 0 unspecified atom stereocenters. The second-order valence-electron chi connectivity index (χ2n) is 4.76. The van der Waals surface area contributed by atoms with Gasteiger partial charge < -0.3 is 5.11 Å². The molecular formula is C14H22O. The van der Waals surface area contributed by atoms with E-state index in [-0.39, 0.29) is 12.0 Å². The van der Waals surface area contributed by atoms with E-state index < -0.39 is 0 Å². The second-order valence-corrected chi connectivity index (χ2v) is 4.76. The van der Waals surface area contributed by atoms with E-state index in [1.54, 1.807) is 0 Å². The Kier molecular flexibility index (Phi) is 4.34. The van der Waals surface area contributed by atoms with Crippen LogP contribution in [0.5, 0.6) is 0 Å². The average Bonchev–Trinajstić information content (AvgIpc) is 2.27. The van der Waals surface area contributed by atoms with Crippen LogP contribution in [0, 0.1) is 0 Å². The molecule has 0 saturated heterocycles. The molecule has 0 atom stereocenters. The second kappa shape index (κ2) is 5.32. The van der Waals surface area contributed by atoms with E-state index in [4.69, 9.17) is 5.11 Å². The van der Waals surface area contributed by atoms with E-state index in [9.17, 15) is 0 Å². The minimum Gasteiger partial charge on any atom is -0.396 e. The number of aryl methyl sites for hydroxylation is 1. The molecule has 0 fully saturated rings. The summed E-state index contributed by atoms with van der Waals surface area (Å²) in [4.78, 5) is 0. The van der Waals surface area contributed by atoms with Crippen molar-refractivity contribution >= 4 is 0 Å². The molecule has 0 aliphatic rings. The molecule has 1 N–H and O–H groups in total. The average molecular weight is 206 g/mol. The summed E-state index contributed by atoms with van der Waals surface area (Å²) in [5.74, 6) is 0.